The van der Waals surface area contributed by atoms with Crippen LogP contribution in [0, 0.1) is 6.92 Å². The van der Waals surface area contributed by atoms with Gasteiger partial charge in [-0.15, -0.1) is 11.3 Å². The Labute approximate surface area is 160 Å². The molecule has 0 spiro atoms. The summed E-state index contributed by atoms with van der Waals surface area (Å²) in [7, 11) is 3.36. The Kier molecular flexibility index (Phi) is 5.82. The van der Waals surface area contributed by atoms with Crippen molar-refractivity contribution in [1.82, 2.24) is 25.4 Å². The van der Waals surface area contributed by atoms with Gasteiger partial charge in [0.2, 0.25) is 5.91 Å². The molecule has 0 unspecified atom stereocenters. The van der Waals surface area contributed by atoms with Crippen LogP contribution in [-0.2, 0) is 16.6 Å². The standard InChI is InChI=1S/C18H21N5O3S/c1-11-16-12(18(25)20-10-15(24)19-6-7-26-3)9-13(14-5-4-8-27-14)21-17(16)23(2)22-11/h4-5,8-9H,6-7,10H2,1-3H3,(H,19,24)(H,20,25). The minimum Gasteiger partial charge on any atom is -0.383 e. The summed E-state index contributed by atoms with van der Waals surface area (Å²) in [6, 6.07) is 5.64. The smallest absolute Gasteiger partial charge is 0.252 e. The van der Waals surface area contributed by atoms with Gasteiger partial charge in [-0.2, -0.15) is 5.10 Å². The monoisotopic (exact) mass is 387 g/mol. The molecule has 3 aromatic rings. The van der Waals surface area contributed by atoms with Gasteiger partial charge in [0.25, 0.3) is 5.91 Å². The Morgan fingerprint density at radius 3 is 2.85 bits per heavy atom. The average Bonchev–Trinajstić information content (AvgIpc) is 3.28. The van der Waals surface area contributed by atoms with Crippen LogP contribution < -0.4 is 10.6 Å². The molecule has 0 saturated carbocycles. The maximum Gasteiger partial charge on any atom is 0.252 e. The number of aryl methyl sites for hydroxylation is 2. The van der Waals surface area contributed by atoms with Gasteiger partial charge in [0, 0.05) is 20.7 Å². The minimum absolute atomic E-state index is 0.111. The van der Waals surface area contributed by atoms with Crippen LogP contribution in [0.4, 0.5) is 0 Å². The molecule has 3 heterocycles. The lowest BCUT2D eigenvalue weighted by atomic mass is 10.1. The Bertz CT molecular complexity index is 965. The fourth-order valence-electron chi connectivity index (χ4n) is 2.79. The van der Waals surface area contributed by atoms with Crippen molar-refractivity contribution in [3.8, 4) is 10.6 Å². The zero-order valence-corrected chi connectivity index (χ0v) is 16.2. The van der Waals surface area contributed by atoms with Crippen molar-refractivity contribution in [2.45, 2.75) is 6.92 Å². The summed E-state index contributed by atoms with van der Waals surface area (Å²) in [5.74, 6) is -0.606. The van der Waals surface area contributed by atoms with Crippen molar-refractivity contribution >= 4 is 34.2 Å². The molecule has 3 rings (SSSR count). The summed E-state index contributed by atoms with van der Waals surface area (Å²) >= 11 is 1.55. The van der Waals surface area contributed by atoms with Crippen molar-refractivity contribution in [3.05, 3.63) is 34.8 Å². The Morgan fingerprint density at radius 2 is 2.15 bits per heavy atom. The van der Waals surface area contributed by atoms with Crippen LogP contribution >= 0.6 is 11.3 Å². The average molecular weight is 387 g/mol. The minimum atomic E-state index is -0.335. The van der Waals surface area contributed by atoms with E-state index >= 15 is 0 Å². The van der Waals surface area contributed by atoms with Gasteiger partial charge < -0.3 is 15.4 Å². The van der Waals surface area contributed by atoms with E-state index in [1.165, 1.54) is 0 Å². The molecule has 0 radical (unpaired) electrons. The van der Waals surface area contributed by atoms with Gasteiger partial charge in [-0.1, -0.05) is 6.07 Å². The van der Waals surface area contributed by atoms with E-state index in [-0.39, 0.29) is 18.4 Å². The predicted octanol–water partition coefficient (Wildman–Crippen LogP) is 1.50. The first kappa shape index (κ1) is 19.0. The molecule has 0 atom stereocenters. The second-order valence-electron chi connectivity index (χ2n) is 5.97. The van der Waals surface area contributed by atoms with Crippen molar-refractivity contribution in [1.29, 1.82) is 0 Å². The first-order valence-electron chi connectivity index (χ1n) is 8.43. The summed E-state index contributed by atoms with van der Waals surface area (Å²) in [4.78, 5) is 30.3. The maximum absolute atomic E-state index is 12.8. The Hall–Kier alpha value is -2.78. The number of nitrogens with one attached hydrogen (secondary N) is 2. The molecule has 9 heteroatoms. The summed E-state index contributed by atoms with van der Waals surface area (Å²) in [6.45, 7) is 2.54. The second-order valence-corrected chi connectivity index (χ2v) is 6.91. The van der Waals surface area contributed by atoms with E-state index in [1.54, 1.807) is 36.2 Å². The Balaban J connectivity index is 1.88. The van der Waals surface area contributed by atoms with Gasteiger partial charge in [-0.05, 0) is 24.4 Å². The molecule has 2 amide bonds. The molecule has 2 N–H and O–H groups in total. The van der Waals surface area contributed by atoms with E-state index < -0.39 is 0 Å². The summed E-state index contributed by atoms with van der Waals surface area (Å²) in [5.41, 5.74) is 2.51. The lowest BCUT2D eigenvalue weighted by Gasteiger charge is -2.09. The number of thiophene rings is 1. The van der Waals surface area contributed by atoms with Gasteiger partial charge >= 0.3 is 0 Å². The highest BCUT2D eigenvalue weighted by Crippen LogP contribution is 2.29. The third-order valence-corrected chi connectivity index (χ3v) is 4.92. The van der Waals surface area contributed by atoms with Gasteiger partial charge in [0.1, 0.15) is 0 Å². The molecule has 0 aromatic carbocycles. The molecule has 0 aliphatic heterocycles. The largest absolute Gasteiger partial charge is 0.383 e. The number of hydrogen-bond donors (Lipinski definition) is 2. The van der Waals surface area contributed by atoms with Crippen LogP contribution in [-0.4, -0.2) is 53.4 Å². The van der Waals surface area contributed by atoms with Crippen LogP contribution in [0.1, 0.15) is 16.1 Å². The molecular formula is C18H21N5O3S. The van der Waals surface area contributed by atoms with Gasteiger partial charge in [0.05, 0.1) is 40.4 Å². The molecule has 8 nitrogen and oxygen atoms in total. The number of rotatable bonds is 7. The van der Waals surface area contributed by atoms with Crippen LogP contribution in [0.2, 0.25) is 0 Å². The van der Waals surface area contributed by atoms with E-state index in [4.69, 9.17) is 4.74 Å². The van der Waals surface area contributed by atoms with E-state index in [0.29, 0.717) is 41.1 Å². The molecule has 0 fully saturated rings. The summed E-state index contributed by atoms with van der Waals surface area (Å²) in [6.07, 6.45) is 0. The molecule has 0 aliphatic rings. The molecule has 0 bridgehead atoms. The zero-order chi connectivity index (χ0) is 19.4. The number of aromatic nitrogens is 3. The first-order chi connectivity index (χ1) is 13.0. The topological polar surface area (TPSA) is 98.1 Å². The zero-order valence-electron chi connectivity index (χ0n) is 15.4. The van der Waals surface area contributed by atoms with E-state index in [1.807, 2.05) is 24.4 Å². The molecular weight excluding hydrogens is 366 g/mol. The highest BCUT2D eigenvalue weighted by atomic mass is 32.1. The van der Waals surface area contributed by atoms with Crippen molar-refractivity contribution in [2.75, 3.05) is 26.8 Å². The number of amides is 2. The Morgan fingerprint density at radius 1 is 1.33 bits per heavy atom. The SMILES string of the molecule is COCCNC(=O)CNC(=O)c1cc(-c2cccs2)nc2c1c(C)nn2C. The van der Waals surface area contributed by atoms with E-state index in [2.05, 4.69) is 20.7 Å². The third kappa shape index (κ3) is 4.15. The van der Waals surface area contributed by atoms with Gasteiger partial charge in [-0.3, -0.25) is 14.3 Å². The maximum atomic E-state index is 12.8. The van der Waals surface area contributed by atoms with Crippen molar-refractivity contribution < 1.29 is 14.3 Å². The third-order valence-electron chi connectivity index (χ3n) is 4.02. The molecule has 142 valence electrons. The molecule has 27 heavy (non-hydrogen) atoms. The summed E-state index contributed by atoms with van der Waals surface area (Å²) in [5, 5.41) is 12.4. The second kappa shape index (κ2) is 8.28. The quantitative estimate of drug-likeness (QED) is 0.599. The van der Waals surface area contributed by atoms with Crippen LogP contribution in [0.15, 0.2) is 23.6 Å². The van der Waals surface area contributed by atoms with Crippen LogP contribution in [0.5, 0.6) is 0 Å². The number of carbonyl (C=O) groups excluding carboxylic acids is 2. The van der Waals surface area contributed by atoms with Crippen LogP contribution in [0.25, 0.3) is 21.6 Å². The number of hydrogen-bond acceptors (Lipinski definition) is 6. The predicted molar refractivity (Wildman–Crippen MR) is 104 cm³/mol. The number of ether oxygens (including phenoxy) is 1. The summed E-state index contributed by atoms with van der Waals surface area (Å²) < 4.78 is 6.54. The van der Waals surface area contributed by atoms with E-state index in [9.17, 15) is 9.59 Å². The number of pyridine rings is 1. The highest BCUT2D eigenvalue weighted by Gasteiger charge is 2.20. The fraction of sp³-hybridized carbons (Fsp3) is 0.333. The number of carbonyl (C=O) groups is 2. The lowest BCUT2D eigenvalue weighted by Crippen LogP contribution is -2.38. The first-order valence-corrected chi connectivity index (χ1v) is 9.31. The lowest BCUT2D eigenvalue weighted by molar-refractivity contribution is -0.120. The molecule has 3 aromatic heterocycles. The van der Waals surface area contributed by atoms with Gasteiger partial charge in [-0.25, -0.2) is 4.98 Å². The highest BCUT2D eigenvalue weighted by molar-refractivity contribution is 7.13. The van der Waals surface area contributed by atoms with E-state index in [0.717, 1.165) is 4.88 Å². The molecule has 0 aliphatic carbocycles. The van der Waals surface area contributed by atoms with Crippen molar-refractivity contribution in [3.63, 3.8) is 0 Å². The van der Waals surface area contributed by atoms with Crippen LogP contribution in [0.3, 0.4) is 0 Å². The van der Waals surface area contributed by atoms with Crippen molar-refractivity contribution in [2.24, 2.45) is 7.05 Å². The normalized spacial score (nSPS) is 10.9. The number of nitrogens with zero attached hydrogens (tertiary/aromatic N) is 3. The molecule has 0 saturated heterocycles. The number of fused-ring (bicyclic) bond motifs is 1. The fourth-order valence-corrected chi connectivity index (χ4v) is 3.47. The number of methoxy groups -OCH3 is 1. The van der Waals surface area contributed by atoms with Gasteiger partial charge in [0.15, 0.2) is 5.65 Å².